The van der Waals surface area contributed by atoms with E-state index in [0.29, 0.717) is 0 Å². The molecule has 2 atom stereocenters. The van der Waals surface area contributed by atoms with Crippen LogP contribution in [-0.2, 0) is 9.59 Å². The Kier molecular flexibility index (Phi) is 2.88. The Labute approximate surface area is 108 Å². The molecule has 0 radical (unpaired) electrons. The number of hydrogen-bond acceptors (Lipinski definition) is 2. The molecule has 3 fully saturated rings. The van der Waals surface area contributed by atoms with Crippen LogP contribution in [0.3, 0.4) is 0 Å². The molecule has 4 heteroatoms. The summed E-state index contributed by atoms with van der Waals surface area (Å²) >= 11 is 0. The average molecular weight is 248 g/mol. The van der Waals surface area contributed by atoms with E-state index < -0.39 is 0 Å². The SMILES string of the molecule is C=C1C(C(=O)N2CCCC2)[C@H]1C(=O)N1CCCC1. The summed E-state index contributed by atoms with van der Waals surface area (Å²) in [5, 5.41) is 0. The first-order valence-corrected chi connectivity index (χ1v) is 6.96. The molecule has 0 spiro atoms. The molecular formula is C14H20N2O2. The molecule has 0 N–H and O–H groups in total. The zero-order chi connectivity index (χ0) is 12.7. The lowest BCUT2D eigenvalue weighted by molar-refractivity contribution is -0.136. The summed E-state index contributed by atoms with van der Waals surface area (Å²) in [5.41, 5.74) is 0.837. The van der Waals surface area contributed by atoms with E-state index in [9.17, 15) is 9.59 Å². The number of carbonyl (C=O) groups is 2. The van der Waals surface area contributed by atoms with Gasteiger partial charge >= 0.3 is 0 Å². The van der Waals surface area contributed by atoms with Crippen LogP contribution < -0.4 is 0 Å². The zero-order valence-corrected chi connectivity index (χ0v) is 10.7. The van der Waals surface area contributed by atoms with E-state index in [4.69, 9.17) is 0 Å². The summed E-state index contributed by atoms with van der Waals surface area (Å²) in [6.07, 6.45) is 4.37. The fourth-order valence-corrected chi connectivity index (χ4v) is 3.19. The number of carbonyl (C=O) groups excluding carboxylic acids is 2. The number of nitrogens with zero attached hydrogens (tertiary/aromatic N) is 2. The van der Waals surface area contributed by atoms with Crippen molar-refractivity contribution in [3.63, 3.8) is 0 Å². The highest BCUT2D eigenvalue weighted by Gasteiger charge is 2.55. The van der Waals surface area contributed by atoms with Crippen molar-refractivity contribution >= 4 is 11.8 Å². The molecule has 4 nitrogen and oxygen atoms in total. The highest BCUT2D eigenvalue weighted by Crippen LogP contribution is 2.47. The molecule has 1 saturated carbocycles. The second kappa shape index (κ2) is 4.41. The predicted octanol–water partition coefficient (Wildman–Crippen LogP) is 1.03. The van der Waals surface area contributed by atoms with Crippen LogP contribution >= 0.6 is 0 Å². The summed E-state index contributed by atoms with van der Waals surface area (Å²) in [5.74, 6) is -0.155. The summed E-state index contributed by atoms with van der Waals surface area (Å²) in [4.78, 5) is 28.3. The molecule has 2 amide bonds. The first-order valence-electron chi connectivity index (χ1n) is 6.96. The Morgan fingerprint density at radius 3 is 1.50 bits per heavy atom. The van der Waals surface area contributed by atoms with Crippen molar-refractivity contribution in [1.29, 1.82) is 0 Å². The van der Waals surface area contributed by atoms with Gasteiger partial charge in [0.05, 0.1) is 11.8 Å². The van der Waals surface area contributed by atoms with E-state index in [1.54, 1.807) is 0 Å². The van der Waals surface area contributed by atoms with Crippen LogP contribution in [0.4, 0.5) is 0 Å². The molecule has 18 heavy (non-hydrogen) atoms. The third-order valence-corrected chi connectivity index (χ3v) is 4.39. The topological polar surface area (TPSA) is 40.6 Å². The highest BCUT2D eigenvalue weighted by molar-refractivity contribution is 5.99. The lowest BCUT2D eigenvalue weighted by atomic mass is 10.2. The number of rotatable bonds is 2. The van der Waals surface area contributed by atoms with Crippen LogP contribution in [0.1, 0.15) is 25.7 Å². The van der Waals surface area contributed by atoms with Gasteiger partial charge in [0.15, 0.2) is 0 Å². The minimum Gasteiger partial charge on any atom is -0.342 e. The van der Waals surface area contributed by atoms with Crippen LogP contribution in [0.2, 0.25) is 0 Å². The third kappa shape index (κ3) is 1.84. The van der Waals surface area contributed by atoms with Crippen molar-refractivity contribution in [2.45, 2.75) is 25.7 Å². The summed E-state index contributed by atoms with van der Waals surface area (Å²) in [6.45, 7) is 7.34. The molecule has 3 rings (SSSR count). The highest BCUT2D eigenvalue weighted by atomic mass is 16.2. The van der Waals surface area contributed by atoms with Gasteiger partial charge in [-0.1, -0.05) is 12.2 Å². The van der Waals surface area contributed by atoms with Crippen molar-refractivity contribution in [3.8, 4) is 0 Å². The number of likely N-dealkylation sites (tertiary alicyclic amines) is 2. The van der Waals surface area contributed by atoms with Crippen molar-refractivity contribution in [2.24, 2.45) is 11.8 Å². The van der Waals surface area contributed by atoms with Crippen LogP contribution in [0.15, 0.2) is 12.2 Å². The molecule has 2 heterocycles. The van der Waals surface area contributed by atoms with E-state index in [1.807, 2.05) is 9.80 Å². The van der Waals surface area contributed by atoms with Crippen molar-refractivity contribution in [2.75, 3.05) is 26.2 Å². The van der Waals surface area contributed by atoms with Crippen molar-refractivity contribution < 1.29 is 9.59 Å². The first-order chi connectivity index (χ1) is 8.70. The minimum absolute atomic E-state index is 0.134. The van der Waals surface area contributed by atoms with Gasteiger partial charge in [-0.3, -0.25) is 9.59 Å². The molecule has 1 unspecified atom stereocenters. The molecule has 0 aromatic carbocycles. The summed E-state index contributed by atoms with van der Waals surface area (Å²) in [6, 6.07) is 0. The Hall–Kier alpha value is -1.32. The van der Waals surface area contributed by atoms with Gasteiger partial charge < -0.3 is 9.80 Å². The van der Waals surface area contributed by atoms with Gasteiger partial charge in [0.25, 0.3) is 0 Å². The Balaban J connectivity index is 1.63. The maximum Gasteiger partial charge on any atom is 0.230 e. The fraction of sp³-hybridized carbons (Fsp3) is 0.714. The molecule has 0 aromatic heterocycles. The quantitative estimate of drug-likeness (QED) is 0.685. The minimum atomic E-state index is -0.212. The molecule has 0 bridgehead atoms. The van der Waals surface area contributed by atoms with Crippen LogP contribution in [0.5, 0.6) is 0 Å². The third-order valence-electron chi connectivity index (χ3n) is 4.39. The van der Waals surface area contributed by atoms with E-state index >= 15 is 0 Å². The van der Waals surface area contributed by atoms with Crippen LogP contribution in [0, 0.1) is 11.8 Å². The van der Waals surface area contributed by atoms with Crippen LogP contribution in [-0.4, -0.2) is 47.8 Å². The largest absolute Gasteiger partial charge is 0.342 e. The number of hydrogen-bond donors (Lipinski definition) is 0. The monoisotopic (exact) mass is 248 g/mol. The average Bonchev–Trinajstić information content (AvgIpc) is 2.90. The Morgan fingerprint density at radius 1 is 0.833 bits per heavy atom. The molecule has 3 aliphatic rings. The molecular weight excluding hydrogens is 228 g/mol. The van der Waals surface area contributed by atoms with E-state index in [1.165, 1.54) is 0 Å². The molecule has 1 aliphatic carbocycles. The van der Waals surface area contributed by atoms with Gasteiger partial charge in [0, 0.05) is 26.2 Å². The Bertz CT molecular complexity index is 357. The van der Waals surface area contributed by atoms with Crippen LogP contribution in [0.25, 0.3) is 0 Å². The Morgan fingerprint density at radius 2 is 1.17 bits per heavy atom. The fourth-order valence-electron chi connectivity index (χ4n) is 3.19. The normalized spacial score (nSPS) is 31.0. The molecule has 2 aliphatic heterocycles. The zero-order valence-electron chi connectivity index (χ0n) is 10.7. The van der Waals surface area contributed by atoms with Gasteiger partial charge in [0.2, 0.25) is 11.8 Å². The first kappa shape index (κ1) is 11.8. The second-order valence-electron chi connectivity index (χ2n) is 5.60. The molecule has 0 aromatic rings. The molecule has 2 saturated heterocycles. The second-order valence-corrected chi connectivity index (χ2v) is 5.60. The van der Waals surface area contributed by atoms with Crippen molar-refractivity contribution in [3.05, 3.63) is 12.2 Å². The van der Waals surface area contributed by atoms with Gasteiger partial charge in [-0.2, -0.15) is 0 Å². The standard InChI is InChI=1S/C14H20N2O2/c1-10-11(13(17)15-6-2-3-7-15)12(10)14(18)16-8-4-5-9-16/h11-12H,1-9H2/t11-,12?/m0/s1. The smallest absolute Gasteiger partial charge is 0.230 e. The summed E-state index contributed by atoms with van der Waals surface area (Å²) in [7, 11) is 0. The van der Waals surface area contributed by atoms with Crippen molar-refractivity contribution in [1.82, 2.24) is 9.80 Å². The van der Waals surface area contributed by atoms with E-state index in [-0.39, 0.29) is 23.7 Å². The van der Waals surface area contributed by atoms with E-state index in [2.05, 4.69) is 6.58 Å². The van der Waals surface area contributed by atoms with E-state index in [0.717, 1.165) is 57.4 Å². The van der Waals surface area contributed by atoms with Gasteiger partial charge in [-0.15, -0.1) is 0 Å². The lowest BCUT2D eigenvalue weighted by Crippen LogP contribution is -2.33. The number of amides is 2. The maximum absolute atomic E-state index is 12.2. The predicted molar refractivity (Wildman–Crippen MR) is 67.7 cm³/mol. The van der Waals surface area contributed by atoms with Gasteiger partial charge in [0.1, 0.15) is 0 Å². The maximum atomic E-state index is 12.2. The molecule has 98 valence electrons. The lowest BCUT2D eigenvalue weighted by Gasteiger charge is -2.17. The van der Waals surface area contributed by atoms with Gasteiger partial charge in [-0.25, -0.2) is 0 Å². The van der Waals surface area contributed by atoms with Gasteiger partial charge in [-0.05, 0) is 25.7 Å². The summed E-state index contributed by atoms with van der Waals surface area (Å²) < 4.78 is 0.